The van der Waals surface area contributed by atoms with Crippen molar-refractivity contribution in [1.29, 1.82) is 0 Å². The number of hydrogen-bond donors (Lipinski definition) is 1. The number of benzene rings is 2. The molecule has 0 unspecified atom stereocenters. The Balaban J connectivity index is 1.57. The first-order valence-corrected chi connectivity index (χ1v) is 10.7. The summed E-state index contributed by atoms with van der Waals surface area (Å²) >= 11 is 0. The normalized spacial score (nSPS) is 11.3. The number of amides is 1. The van der Waals surface area contributed by atoms with Crippen molar-refractivity contribution in [2.24, 2.45) is 0 Å². The van der Waals surface area contributed by atoms with E-state index < -0.39 is 0 Å². The smallest absolute Gasteiger partial charge is 0.278 e. The van der Waals surface area contributed by atoms with Crippen LogP contribution in [0, 0.1) is 6.92 Å². The molecule has 0 saturated carbocycles. The van der Waals surface area contributed by atoms with Crippen molar-refractivity contribution in [3.05, 3.63) is 82.5 Å². The van der Waals surface area contributed by atoms with Crippen molar-refractivity contribution in [1.82, 2.24) is 24.3 Å². The maximum Gasteiger partial charge on any atom is 0.278 e. The first-order chi connectivity index (χ1) is 16.0. The Morgan fingerprint density at radius 3 is 2.70 bits per heavy atom. The van der Waals surface area contributed by atoms with Gasteiger partial charge < -0.3 is 14.4 Å². The fourth-order valence-electron chi connectivity index (χ4n) is 3.92. The molecule has 2 aromatic carbocycles. The Kier molecular flexibility index (Phi) is 5.21. The number of anilines is 1. The van der Waals surface area contributed by atoms with Crippen molar-refractivity contribution in [2.45, 2.75) is 33.4 Å². The second-order valence-corrected chi connectivity index (χ2v) is 7.80. The first kappa shape index (κ1) is 20.6. The Hall–Kier alpha value is -4.27. The summed E-state index contributed by atoms with van der Waals surface area (Å²) < 4.78 is 8.38. The average molecular weight is 442 g/mol. The summed E-state index contributed by atoms with van der Waals surface area (Å²) in [5, 5.41) is 7.63. The minimum atomic E-state index is -0.281. The molecule has 0 bridgehead atoms. The molecular formula is C24H22N6O3. The van der Waals surface area contributed by atoms with E-state index in [9.17, 15) is 9.59 Å². The molecule has 1 N–H and O–H groups in total. The molecule has 5 rings (SSSR count). The highest BCUT2D eigenvalue weighted by Gasteiger charge is 2.19. The molecule has 0 saturated heterocycles. The first-order valence-electron chi connectivity index (χ1n) is 10.7. The Morgan fingerprint density at radius 2 is 1.91 bits per heavy atom. The van der Waals surface area contributed by atoms with E-state index in [1.807, 2.05) is 62.4 Å². The number of nitrogens with one attached hydrogen (secondary N) is 1. The second kappa shape index (κ2) is 8.34. The molecule has 0 radical (unpaired) electrons. The fourth-order valence-corrected chi connectivity index (χ4v) is 3.92. The quantitative estimate of drug-likeness (QED) is 0.432. The lowest BCUT2D eigenvalue weighted by Gasteiger charge is -2.11. The fraction of sp³-hybridized carbons (Fsp3) is 0.208. The number of nitrogens with zero attached hydrogens (tertiary/aromatic N) is 5. The summed E-state index contributed by atoms with van der Waals surface area (Å²) in [5.74, 6) is 0.676. The third-order valence-electron chi connectivity index (χ3n) is 5.59. The van der Waals surface area contributed by atoms with E-state index in [4.69, 9.17) is 4.52 Å². The van der Waals surface area contributed by atoms with E-state index in [1.165, 1.54) is 10.9 Å². The Bertz CT molecular complexity index is 1550. The minimum absolute atomic E-state index is 0.0280. The predicted octanol–water partition coefficient (Wildman–Crippen LogP) is 3.29. The van der Waals surface area contributed by atoms with Crippen molar-refractivity contribution in [2.75, 3.05) is 5.32 Å². The van der Waals surface area contributed by atoms with Gasteiger partial charge in [0.1, 0.15) is 24.1 Å². The molecule has 3 heterocycles. The molecule has 0 fully saturated rings. The van der Waals surface area contributed by atoms with Gasteiger partial charge in [-0.05, 0) is 24.6 Å². The van der Waals surface area contributed by atoms with Gasteiger partial charge in [-0.25, -0.2) is 4.98 Å². The number of rotatable bonds is 6. The third-order valence-corrected chi connectivity index (χ3v) is 5.59. The summed E-state index contributed by atoms with van der Waals surface area (Å²) in [6.07, 6.45) is 2.12. The SMILES string of the molecule is CCc1noc(Cn2cnc3c4ccccc4n(CC(=O)Nc4ccccc4C)c3c2=O)n1. The van der Waals surface area contributed by atoms with Crippen LogP contribution in [0.1, 0.15) is 24.2 Å². The van der Waals surface area contributed by atoms with Gasteiger partial charge in [-0.2, -0.15) is 4.98 Å². The number of para-hydroxylation sites is 2. The summed E-state index contributed by atoms with van der Waals surface area (Å²) in [7, 11) is 0. The Labute approximate surface area is 188 Å². The number of aryl methyl sites for hydroxylation is 2. The maximum atomic E-state index is 13.5. The highest BCUT2D eigenvalue weighted by Crippen LogP contribution is 2.25. The highest BCUT2D eigenvalue weighted by atomic mass is 16.5. The monoisotopic (exact) mass is 442 g/mol. The average Bonchev–Trinajstić information content (AvgIpc) is 3.40. The van der Waals surface area contributed by atoms with E-state index in [-0.39, 0.29) is 24.6 Å². The lowest BCUT2D eigenvalue weighted by Crippen LogP contribution is -2.25. The van der Waals surface area contributed by atoms with E-state index >= 15 is 0 Å². The molecule has 9 nitrogen and oxygen atoms in total. The van der Waals surface area contributed by atoms with Gasteiger partial charge in [0.2, 0.25) is 11.8 Å². The van der Waals surface area contributed by atoms with Gasteiger partial charge in [-0.3, -0.25) is 14.2 Å². The van der Waals surface area contributed by atoms with Crippen LogP contribution in [0.4, 0.5) is 5.69 Å². The molecule has 5 aromatic rings. The van der Waals surface area contributed by atoms with Gasteiger partial charge in [0.05, 0.1) is 11.8 Å². The van der Waals surface area contributed by atoms with E-state index in [0.29, 0.717) is 29.2 Å². The van der Waals surface area contributed by atoms with Gasteiger partial charge in [0, 0.05) is 17.5 Å². The van der Waals surface area contributed by atoms with E-state index in [2.05, 4.69) is 20.4 Å². The van der Waals surface area contributed by atoms with Crippen LogP contribution in [-0.4, -0.2) is 30.2 Å². The highest BCUT2D eigenvalue weighted by molar-refractivity contribution is 6.06. The number of aromatic nitrogens is 5. The zero-order valence-electron chi connectivity index (χ0n) is 18.3. The second-order valence-electron chi connectivity index (χ2n) is 7.80. The summed E-state index contributed by atoms with van der Waals surface area (Å²) in [6, 6.07) is 15.1. The van der Waals surface area contributed by atoms with E-state index in [1.54, 1.807) is 4.57 Å². The summed E-state index contributed by atoms with van der Waals surface area (Å²) in [6.45, 7) is 3.93. The maximum absolute atomic E-state index is 13.5. The van der Waals surface area contributed by atoms with Crippen LogP contribution < -0.4 is 10.9 Å². The van der Waals surface area contributed by atoms with Crippen LogP contribution in [0.5, 0.6) is 0 Å². The van der Waals surface area contributed by atoms with Crippen molar-refractivity contribution in [3.63, 3.8) is 0 Å². The van der Waals surface area contributed by atoms with Crippen LogP contribution >= 0.6 is 0 Å². The molecule has 0 aliphatic heterocycles. The van der Waals surface area contributed by atoms with Gasteiger partial charge in [0.25, 0.3) is 5.56 Å². The van der Waals surface area contributed by atoms with Gasteiger partial charge >= 0.3 is 0 Å². The number of carbonyl (C=O) groups is 1. The molecule has 166 valence electrons. The largest absolute Gasteiger partial charge is 0.337 e. The molecule has 3 aromatic heterocycles. The standard InChI is InChI=1S/C24H22N6O3/c1-3-19-27-21(33-28-19)13-29-14-25-22-16-9-5-7-11-18(16)30(23(22)24(29)32)12-20(31)26-17-10-6-4-8-15(17)2/h4-11,14H,3,12-13H2,1-2H3,(H,26,31). The van der Waals surface area contributed by atoms with Gasteiger partial charge in [-0.15, -0.1) is 0 Å². The van der Waals surface area contributed by atoms with Crippen LogP contribution in [0.25, 0.3) is 21.9 Å². The minimum Gasteiger partial charge on any atom is -0.337 e. The third kappa shape index (κ3) is 3.78. The molecule has 0 spiro atoms. The molecule has 0 aliphatic rings. The molecular weight excluding hydrogens is 420 g/mol. The lowest BCUT2D eigenvalue weighted by molar-refractivity contribution is -0.116. The number of carbonyl (C=O) groups excluding carboxylic acids is 1. The van der Waals surface area contributed by atoms with Gasteiger partial charge in [0.15, 0.2) is 5.82 Å². The molecule has 33 heavy (non-hydrogen) atoms. The van der Waals surface area contributed by atoms with Crippen molar-refractivity contribution < 1.29 is 9.32 Å². The van der Waals surface area contributed by atoms with Crippen molar-refractivity contribution in [3.8, 4) is 0 Å². The number of fused-ring (bicyclic) bond motifs is 3. The zero-order chi connectivity index (χ0) is 22.9. The van der Waals surface area contributed by atoms with Crippen LogP contribution in [0.2, 0.25) is 0 Å². The lowest BCUT2D eigenvalue weighted by atomic mass is 10.2. The topological polar surface area (TPSA) is 108 Å². The van der Waals surface area contributed by atoms with Gasteiger partial charge in [-0.1, -0.05) is 48.5 Å². The van der Waals surface area contributed by atoms with Crippen molar-refractivity contribution >= 4 is 33.5 Å². The van der Waals surface area contributed by atoms with Crippen LogP contribution in [-0.2, 0) is 24.3 Å². The Morgan fingerprint density at radius 1 is 1.12 bits per heavy atom. The van der Waals surface area contributed by atoms with Crippen LogP contribution in [0.3, 0.4) is 0 Å². The van der Waals surface area contributed by atoms with E-state index in [0.717, 1.165) is 22.2 Å². The summed E-state index contributed by atoms with van der Waals surface area (Å²) in [5.41, 5.74) is 3.09. The molecule has 9 heteroatoms. The molecule has 1 amide bonds. The predicted molar refractivity (Wildman–Crippen MR) is 124 cm³/mol. The zero-order valence-corrected chi connectivity index (χ0v) is 18.3. The van der Waals surface area contributed by atoms with Crippen LogP contribution in [0.15, 0.2) is 64.2 Å². The number of hydrogen-bond acceptors (Lipinski definition) is 6. The molecule has 0 atom stereocenters. The summed E-state index contributed by atoms with van der Waals surface area (Å²) in [4.78, 5) is 35.2. The molecule has 0 aliphatic carbocycles.